The minimum absolute atomic E-state index is 0.167. The van der Waals surface area contributed by atoms with E-state index in [2.05, 4.69) is 6.92 Å². The summed E-state index contributed by atoms with van der Waals surface area (Å²) in [5.41, 5.74) is 0.970. The fourth-order valence-corrected chi connectivity index (χ4v) is 3.97. The molecule has 0 aliphatic rings. The van der Waals surface area contributed by atoms with Gasteiger partial charge in [0.25, 0.3) is 0 Å². The van der Waals surface area contributed by atoms with Crippen LogP contribution in [0.3, 0.4) is 0 Å². The highest BCUT2D eigenvalue weighted by atomic mass is 16.6. The van der Waals surface area contributed by atoms with Crippen LogP contribution in [0.5, 0.6) is 17.2 Å². The predicted molar refractivity (Wildman–Crippen MR) is 139 cm³/mol. The van der Waals surface area contributed by atoms with E-state index in [1.807, 2.05) is 33.8 Å². The van der Waals surface area contributed by atoms with E-state index in [0.717, 1.165) is 24.8 Å². The van der Waals surface area contributed by atoms with Crippen molar-refractivity contribution < 1.29 is 23.8 Å². The van der Waals surface area contributed by atoms with Gasteiger partial charge in [-0.15, -0.1) is 0 Å². The van der Waals surface area contributed by atoms with Crippen LogP contribution in [0, 0.1) is 11.8 Å². The lowest BCUT2D eigenvalue weighted by atomic mass is 10.0. The minimum Gasteiger partial charge on any atom is -0.492 e. The summed E-state index contributed by atoms with van der Waals surface area (Å²) in [4.78, 5) is 24.7. The number of esters is 2. The van der Waals surface area contributed by atoms with E-state index in [1.54, 1.807) is 13.2 Å². The number of rotatable bonds is 18. The van der Waals surface area contributed by atoms with Crippen molar-refractivity contribution in [1.29, 1.82) is 0 Å². The van der Waals surface area contributed by atoms with Gasteiger partial charge >= 0.3 is 11.9 Å². The van der Waals surface area contributed by atoms with Crippen LogP contribution in [-0.2, 0) is 16.0 Å². The number of ether oxygens (including phenoxy) is 3. The molecule has 0 radical (unpaired) electrons. The minimum atomic E-state index is -0.356. The lowest BCUT2D eigenvalue weighted by Crippen LogP contribution is -2.15. The Balaban J connectivity index is 2.78. The largest absolute Gasteiger partial charge is 0.492 e. The molecular formula is C29H48O5. The second-order valence-corrected chi connectivity index (χ2v) is 10.2. The van der Waals surface area contributed by atoms with E-state index in [1.165, 1.54) is 51.4 Å². The molecule has 5 heteroatoms. The lowest BCUT2D eigenvalue weighted by molar-refractivity contribution is -0.138. The summed E-state index contributed by atoms with van der Waals surface area (Å²) in [5.74, 6) is 0.590. The summed E-state index contributed by atoms with van der Waals surface area (Å²) in [5, 5.41) is 0. The first-order valence-electron chi connectivity index (χ1n) is 13.4. The van der Waals surface area contributed by atoms with Crippen molar-refractivity contribution in [2.45, 2.75) is 118 Å². The smallest absolute Gasteiger partial charge is 0.311 e. The fraction of sp³-hybridized carbons (Fsp3) is 0.724. The highest BCUT2D eigenvalue weighted by Gasteiger charge is 2.22. The van der Waals surface area contributed by atoms with Crippen molar-refractivity contribution in [3.63, 3.8) is 0 Å². The van der Waals surface area contributed by atoms with Crippen molar-refractivity contribution in [3.8, 4) is 17.2 Å². The molecule has 0 saturated carbocycles. The Labute approximate surface area is 207 Å². The zero-order chi connectivity index (χ0) is 25.3. The number of carbonyl (C=O) groups excluding carboxylic acids is 2. The van der Waals surface area contributed by atoms with Gasteiger partial charge in [0.15, 0.2) is 11.5 Å². The van der Waals surface area contributed by atoms with Crippen LogP contribution in [0.2, 0.25) is 0 Å². The van der Waals surface area contributed by atoms with Crippen molar-refractivity contribution in [2.24, 2.45) is 11.8 Å². The molecule has 5 nitrogen and oxygen atoms in total. The van der Waals surface area contributed by atoms with E-state index < -0.39 is 0 Å². The molecule has 0 bridgehead atoms. The zero-order valence-corrected chi connectivity index (χ0v) is 22.5. The van der Waals surface area contributed by atoms with Crippen LogP contribution in [0.15, 0.2) is 12.1 Å². The molecule has 0 aliphatic carbocycles. The molecule has 0 saturated heterocycles. The molecule has 34 heavy (non-hydrogen) atoms. The average Bonchev–Trinajstić information content (AvgIpc) is 2.75. The summed E-state index contributed by atoms with van der Waals surface area (Å²) in [7, 11) is 1.57. The third-order valence-electron chi connectivity index (χ3n) is 5.75. The number of hydrogen-bond acceptors (Lipinski definition) is 5. The van der Waals surface area contributed by atoms with Crippen LogP contribution in [0.1, 0.15) is 117 Å². The van der Waals surface area contributed by atoms with Gasteiger partial charge in [-0.1, -0.05) is 98.5 Å². The van der Waals surface area contributed by atoms with Gasteiger partial charge < -0.3 is 14.2 Å². The van der Waals surface area contributed by atoms with Gasteiger partial charge in [0, 0.05) is 12.8 Å². The van der Waals surface area contributed by atoms with Gasteiger partial charge in [-0.05, 0) is 36.3 Å². The number of benzene rings is 1. The second-order valence-electron chi connectivity index (χ2n) is 10.2. The second kappa shape index (κ2) is 17.4. The van der Waals surface area contributed by atoms with Crippen LogP contribution >= 0.6 is 0 Å². The van der Waals surface area contributed by atoms with Crippen molar-refractivity contribution in [2.75, 3.05) is 7.11 Å². The first-order valence-corrected chi connectivity index (χ1v) is 13.4. The summed E-state index contributed by atoms with van der Waals surface area (Å²) in [6.07, 6.45) is 14.2. The maximum Gasteiger partial charge on any atom is 0.311 e. The topological polar surface area (TPSA) is 61.8 Å². The SMILES string of the molecule is CCCCCCCCCCCCc1ccc(OC(=O)CC(C)C)c(OC(=O)CC(C)C)c1OC. The van der Waals surface area contributed by atoms with E-state index in [-0.39, 0.29) is 41.7 Å². The van der Waals surface area contributed by atoms with Gasteiger partial charge in [0.2, 0.25) is 5.75 Å². The average molecular weight is 477 g/mol. The quantitative estimate of drug-likeness (QED) is 0.122. The molecule has 0 fully saturated rings. The maximum atomic E-state index is 12.4. The normalized spacial score (nSPS) is 11.2. The van der Waals surface area contributed by atoms with Crippen LogP contribution in [-0.4, -0.2) is 19.0 Å². The van der Waals surface area contributed by atoms with Crippen LogP contribution in [0.4, 0.5) is 0 Å². The Morgan fingerprint density at radius 2 is 1.21 bits per heavy atom. The van der Waals surface area contributed by atoms with E-state index in [4.69, 9.17) is 14.2 Å². The first kappa shape index (κ1) is 30.0. The van der Waals surface area contributed by atoms with Crippen molar-refractivity contribution in [3.05, 3.63) is 17.7 Å². The molecule has 1 rings (SSSR count). The number of carbonyl (C=O) groups is 2. The molecular weight excluding hydrogens is 428 g/mol. The summed E-state index contributed by atoms with van der Waals surface area (Å²) in [6, 6.07) is 3.65. The number of methoxy groups -OCH3 is 1. The van der Waals surface area contributed by atoms with E-state index in [9.17, 15) is 9.59 Å². The maximum absolute atomic E-state index is 12.4. The van der Waals surface area contributed by atoms with Gasteiger partial charge in [-0.25, -0.2) is 0 Å². The molecule has 0 atom stereocenters. The Hall–Kier alpha value is -2.04. The molecule has 0 amide bonds. The summed E-state index contributed by atoms with van der Waals surface area (Å²) >= 11 is 0. The van der Waals surface area contributed by atoms with Crippen molar-refractivity contribution in [1.82, 2.24) is 0 Å². The fourth-order valence-electron chi connectivity index (χ4n) is 3.97. The number of unbranched alkanes of at least 4 members (excludes halogenated alkanes) is 9. The Kier molecular flexibility index (Phi) is 15.4. The first-order chi connectivity index (χ1) is 16.3. The van der Waals surface area contributed by atoms with Crippen LogP contribution in [0.25, 0.3) is 0 Å². The zero-order valence-electron chi connectivity index (χ0n) is 22.5. The highest BCUT2D eigenvalue weighted by Crippen LogP contribution is 2.41. The van der Waals surface area contributed by atoms with E-state index >= 15 is 0 Å². The molecule has 1 aromatic rings. The molecule has 0 aliphatic heterocycles. The standard InChI is InChI=1S/C29H48O5/c1-7-8-9-10-11-12-13-14-15-16-17-24-18-19-25(33-26(30)20-22(2)3)29(28(24)32-6)34-27(31)21-23(4)5/h18-19,22-23H,7-17,20-21H2,1-6H3. The molecule has 1 aromatic carbocycles. The molecule has 0 aromatic heterocycles. The monoisotopic (exact) mass is 476 g/mol. The van der Waals surface area contributed by atoms with Crippen molar-refractivity contribution >= 4 is 11.9 Å². The van der Waals surface area contributed by atoms with Gasteiger partial charge in [-0.3, -0.25) is 9.59 Å². The third-order valence-corrected chi connectivity index (χ3v) is 5.75. The van der Waals surface area contributed by atoms with Crippen LogP contribution < -0.4 is 14.2 Å². The molecule has 194 valence electrons. The Bertz CT molecular complexity index is 723. The molecule has 0 N–H and O–H groups in total. The third kappa shape index (κ3) is 12.4. The Morgan fingerprint density at radius 3 is 1.71 bits per heavy atom. The summed E-state index contributed by atoms with van der Waals surface area (Å²) < 4.78 is 16.9. The van der Waals surface area contributed by atoms with Gasteiger partial charge in [-0.2, -0.15) is 0 Å². The van der Waals surface area contributed by atoms with Gasteiger partial charge in [0.05, 0.1) is 7.11 Å². The highest BCUT2D eigenvalue weighted by molar-refractivity contribution is 5.78. The summed E-state index contributed by atoms with van der Waals surface area (Å²) in [6.45, 7) is 10.1. The molecule has 0 unspecified atom stereocenters. The lowest BCUT2D eigenvalue weighted by Gasteiger charge is -2.18. The molecule has 0 heterocycles. The van der Waals surface area contributed by atoms with E-state index in [0.29, 0.717) is 12.2 Å². The van der Waals surface area contributed by atoms with Gasteiger partial charge in [0.1, 0.15) is 0 Å². The number of aryl methyl sites for hydroxylation is 1. The Morgan fingerprint density at radius 1 is 0.706 bits per heavy atom. The number of hydrogen-bond donors (Lipinski definition) is 0. The predicted octanol–water partition coefficient (Wildman–Crippen LogP) is 8.06. The molecule has 0 spiro atoms.